The minimum Gasteiger partial charge on any atom is -0.479 e. The van der Waals surface area contributed by atoms with E-state index in [9.17, 15) is 10.4 Å². The molecule has 0 radical (unpaired) electrons. The van der Waals surface area contributed by atoms with Crippen LogP contribution in [0.4, 0.5) is 5.69 Å². The topological polar surface area (TPSA) is 88.8 Å². The minimum absolute atomic E-state index is 0.0116. The number of rotatable bonds is 6. The van der Waals surface area contributed by atoms with Gasteiger partial charge in [-0.1, -0.05) is 36.8 Å². The predicted octanol–water partition coefficient (Wildman–Crippen LogP) is 3.32. The highest BCUT2D eigenvalue weighted by Gasteiger charge is 2.55. The van der Waals surface area contributed by atoms with Crippen molar-refractivity contribution in [1.29, 1.82) is 5.26 Å². The summed E-state index contributed by atoms with van der Waals surface area (Å²) in [5.74, 6) is 1.03. The molecule has 1 aromatic carbocycles. The third-order valence-electron chi connectivity index (χ3n) is 8.82. The van der Waals surface area contributed by atoms with E-state index in [1.807, 2.05) is 11.0 Å². The Bertz CT molecular complexity index is 1070. The summed E-state index contributed by atoms with van der Waals surface area (Å²) < 4.78 is 5.52. The molecule has 1 unspecified atom stereocenters. The molecule has 0 bridgehead atoms. The summed E-state index contributed by atoms with van der Waals surface area (Å²) in [4.78, 5) is 15.1. The van der Waals surface area contributed by atoms with Crippen molar-refractivity contribution >= 4 is 5.69 Å². The van der Waals surface area contributed by atoms with Crippen LogP contribution in [0.3, 0.4) is 0 Å². The first-order valence-electron chi connectivity index (χ1n) is 12.7. The van der Waals surface area contributed by atoms with E-state index >= 15 is 0 Å². The second-order valence-corrected chi connectivity index (χ2v) is 10.6. The summed E-state index contributed by atoms with van der Waals surface area (Å²) in [6.45, 7) is 1.59. The third-order valence-corrected chi connectivity index (χ3v) is 8.82. The maximum atomic E-state index is 11.7. The van der Waals surface area contributed by atoms with Crippen LogP contribution in [0, 0.1) is 17.2 Å². The fourth-order valence-electron chi connectivity index (χ4n) is 6.43. The summed E-state index contributed by atoms with van der Waals surface area (Å²) in [7, 11) is 5.92. The molecule has 1 saturated heterocycles. The summed E-state index contributed by atoms with van der Waals surface area (Å²) in [5.41, 5.74) is 1.86. The van der Waals surface area contributed by atoms with Gasteiger partial charge in [0.25, 0.3) is 0 Å². The van der Waals surface area contributed by atoms with E-state index in [0.29, 0.717) is 24.0 Å². The van der Waals surface area contributed by atoms with Crippen LogP contribution in [0.5, 0.6) is 5.88 Å². The van der Waals surface area contributed by atoms with Gasteiger partial charge in [0.15, 0.2) is 6.35 Å². The molecule has 35 heavy (non-hydrogen) atoms. The monoisotopic (exact) mass is 476 g/mol. The van der Waals surface area contributed by atoms with Crippen LogP contribution in [0.2, 0.25) is 0 Å². The first-order chi connectivity index (χ1) is 16.9. The minimum atomic E-state index is -0.774. The van der Waals surface area contributed by atoms with Gasteiger partial charge in [0.2, 0.25) is 11.7 Å². The molecule has 1 aromatic heterocycles. The molecule has 186 valence electrons. The van der Waals surface area contributed by atoms with E-state index in [1.54, 1.807) is 13.3 Å². The van der Waals surface area contributed by atoms with Gasteiger partial charge in [0, 0.05) is 24.2 Å². The van der Waals surface area contributed by atoms with Crippen molar-refractivity contribution in [2.24, 2.45) is 5.92 Å². The normalized spacial score (nSPS) is 29.4. The zero-order valence-electron chi connectivity index (χ0n) is 21.0. The van der Waals surface area contributed by atoms with Crippen molar-refractivity contribution in [1.82, 2.24) is 19.8 Å². The summed E-state index contributed by atoms with van der Waals surface area (Å²) in [5, 5.41) is 20.9. The first-order valence-corrected chi connectivity index (χ1v) is 12.7. The molecule has 2 aliphatic carbocycles. The fraction of sp³-hybridized carbons (Fsp3) is 0.593. The Kier molecular flexibility index (Phi) is 6.43. The number of aliphatic hydroxyl groups is 1. The van der Waals surface area contributed by atoms with Gasteiger partial charge in [-0.25, -0.2) is 4.98 Å². The van der Waals surface area contributed by atoms with Crippen LogP contribution >= 0.6 is 0 Å². The number of nitrogens with zero attached hydrogens (tertiary/aromatic N) is 6. The SMILES string of the molecule is COc1nc(C#N)ncc1N1CC2(CCC(c3ccccc3)(N(C)C)CC2)N(CC2CCC2)C1O. The number of benzene rings is 1. The molecule has 2 saturated carbocycles. The van der Waals surface area contributed by atoms with E-state index in [4.69, 9.17) is 4.74 Å². The fourth-order valence-corrected chi connectivity index (χ4v) is 6.43. The lowest BCUT2D eigenvalue weighted by atomic mass is 9.68. The van der Waals surface area contributed by atoms with E-state index in [-0.39, 0.29) is 16.9 Å². The van der Waals surface area contributed by atoms with Gasteiger partial charge >= 0.3 is 0 Å². The highest BCUT2D eigenvalue weighted by Crippen LogP contribution is 2.51. The molecule has 5 rings (SSSR count). The number of nitriles is 1. The molecule has 8 nitrogen and oxygen atoms in total. The van der Waals surface area contributed by atoms with Gasteiger partial charge in [-0.3, -0.25) is 9.80 Å². The number of hydrogen-bond donors (Lipinski definition) is 1. The third kappa shape index (κ3) is 4.06. The average molecular weight is 477 g/mol. The number of hydrogen-bond acceptors (Lipinski definition) is 8. The Morgan fingerprint density at radius 1 is 1.17 bits per heavy atom. The Balaban J connectivity index is 1.47. The van der Waals surface area contributed by atoms with E-state index in [0.717, 1.165) is 32.2 Å². The number of aliphatic hydroxyl groups excluding tert-OH is 1. The van der Waals surface area contributed by atoms with Gasteiger partial charge in [-0.05, 0) is 64.1 Å². The second-order valence-electron chi connectivity index (χ2n) is 10.6. The zero-order chi connectivity index (χ0) is 24.6. The molecular formula is C27H36N6O2. The second kappa shape index (κ2) is 9.38. The lowest BCUT2D eigenvalue weighted by Crippen LogP contribution is -2.57. The lowest BCUT2D eigenvalue weighted by molar-refractivity contribution is -0.0661. The van der Waals surface area contributed by atoms with Gasteiger partial charge in [-0.2, -0.15) is 10.2 Å². The molecule has 2 heterocycles. The molecule has 0 amide bonds. The van der Waals surface area contributed by atoms with Gasteiger partial charge in [-0.15, -0.1) is 0 Å². The molecule has 1 N–H and O–H groups in total. The number of aromatic nitrogens is 2. The molecule has 1 atom stereocenters. The van der Waals surface area contributed by atoms with Crippen LogP contribution < -0.4 is 9.64 Å². The first kappa shape index (κ1) is 24.0. The van der Waals surface area contributed by atoms with Crippen LogP contribution in [-0.4, -0.2) is 71.1 Å². The molecule has 2 aromatic rings. The number of methoxy groups -OCH3 is 1. The van der Waals surface area contributed by atoms with Gasteiger partial charge in [0.1, 0.15) is 11.8 Å². The van der Waals surface area contributed by atoms with Crippen molar-refractivity contribution in [3.63, 3.8) is 0 Å². The molecule has 3 fully saturated rings. The highest BCUT2D eigenvalue weighted by atomic mass is 16.5. The Labute approximate surface area is 208 Å². The van der Waals surface area contributed by atoms with Crippen molar-refractivity contribution in [3.05, 3.63) is 47.9 Å². The Morgan fingerprint density at radius 2 is 1.89 bits per heavy atom. The highest BCUT2D eigenvalue weighted by molar-refractivity contribution is 5.56. The summed E-state index contributed by atoms with van der Waals surface area (Å²) >= 11 is 0. The largest absolute Gasteiger partial charge is 0.479 e. The van der Waals surface area contributed by atoms with Crippen molar-refractivity contribution in [2.45, 2.75) is 62.4 Å². The summed E-state index contributed by atoms with van der Waals surface area (Å²) in [6.07, 6.45) is 8.59. The smallest absolute Gasteiger partial charge is 0.241 e. The summed E-state index contributed by atoms with van der Waals surface area (Å²) in [6, 6.07) is 12.8. The van der Waals surface area contributed by atoms with Gasteiger partial charge < -0.3 is 14.7 Å². The quantitative estimate of drug-likeness (QED) is 0.679. The van der Waals surface area contributed by atoms with Crippen LogP contribution in [0.1, 0.15) is 56.3 Å². The maximum absolute atomic E-state index is 11.7. The molecule has 1 aliphatic heterocycles. The number of anilines is 1. The van der Waals surface area contributed by atoms with E-state index in [1.165, 1.54) is 24.8 Å². The van der Waals surface area contributed by atoms with Crippen molar-refractivity contribution < 1.29 is 9.84 Å². The van der Waals surface area contributed by atoms with E-state index < -0.39 is 6.35 Å². The predicted molar refractivity (Wildman–Crippen MR) is 134 cm³/mol. The van der Waals surface area contributed by atoms with Crippen molar-refractivity contribution in [2.75, 3.05) is 39.2 Å². The molecule has 8 heteroatoms. The Hall–Kier alpha value is -2.73. The van der Waals surface area contributed by atoms with E-state index in [2.05, 4.69) is 64.2 Å². The maximum Gasteiger partial charge on any atom is 0.241 e. The average Bonchev–Trinajstić information content (AvgIpc) is 3.12. The zero-order valence-corrected chi connectivity index (χ0v) is 21.0. The van der Waals surface area contributed by atoms with Crippen LogP contribution in [0.25, 0.3) is 0 Å². The van der Waals surface area contributed by atoms with Gasteiger partial charge in [0.05, 0.1) is 13.3 Å². The molecule has 1 spiro atoms. The molecule has 3 aliphatic rings. The van der Waals surface area contributed by atoms with Crippen LogP contribution in [-0.2, 0) is 5.54 Å². The lowest BCUT2D eigenvalue weighted by Gasteiger charge is -2.52. The van der Waals surface area contributed by atoms with Crippen molar-refractivity contribution in [3.8, 4) is 11.9 Å². The Morgan fingerprint density at radius 3 is 2.46 bits per heavy atom. The van der Waals surface area contributed by atoms with Crippen LogP contribution in [0.15, 0.2) is 36.5 Å². The number of ether oxygens (including phenoxy) is 1. The standard InChI is InChI=1S/C27H36N6O2/c1-31(2)27(21-10-5-4-6-11-21)14-12-26(13-15-27)19-32(25(34)33(26)18-20-8-7-9-20)22-17-29-23(16-28)30-24(22)35-3/h4-6,10-11,17,20,25,34H,7-9,12-15,18-19H2,1-3H3. The molecular weight excluding hydrogens is 440 g/mol.